The summed E-state index contributed by atoms with van der Waals surface area (Å²) in [5, 5.41) is 3.35. The molecule has 1 saturated heterocycles. The van der Waals surface area contributed by atoms with Crippen molar-refractivity contribution in [3.63, 3.8) is 0 Å². The Bertz CT molecular complexity index is 550. The third-order valence-corrected chi connectivity index (χ3v) is 4.41. The Morgan fingerprint density at radius 1 is 1.10 bits per heavy atom. The SMILES string of the molecule is CC(=O)N1CCN(C(=O)C2CNc3ccccc3C2)CC1. The highest BCUT2D eigenvalue weighted by Crippen LogP contribution is 2.25. The van der Waals surface area contributed by atoms with Crippen LogP contribution in [0.2, 0.25) is 0 Å². The number of para-hydroxylation sites is 1. The Morgan fingerprint density at radius 2 is 1.76 bits per heavy atom. The molecule has 0 saturated carbocycles. The lowest BCUT2D eigenvalue weighted by Crippen LogP contribution is -2.52. The third kappa shape index (κ3) is 2.86. The third-order valence-electron chi connectivity index (χ3n) is 4.41. The summed E-state index contributed by atoms with van der Waals surface area (Å²) in [6.45, 7) is 4.88. The van der Waals surface area contributed by atoms with Crippen LogP contribution in [-0.4, -0.2) is 54.3 Å². The molecule has 2 amide bonds. The quantitative estimate of drug-likeness (QED) is 0.837. The highest BCUT2D eigenvalue weighted by Gasteiger charge is 2.30. The molecule has 3 rings (SSSR count). The number of piperazine rings is 1. The van der Waals surface area contributed by atoms with E-state index in [1.54, 1.807) is 11.8 Å². The van der Waals surface area contributed by atoms with E-state index >= 15 is 0 Å². The molecule has 0 aliphatic carbocycles. The van der Waals surface area contributed by atoms with Gasteiger partial charge in [0.15, 0.2) is 0 Å². The molecule has 5 nitrogen and oxygen atoms in total. The molecule has 112 valence electrons. The van der Waals surface area contributed by atoms with Crippen LogP contribution in [0.15, 0.2) is 24.3 Å². The van der Waals surface area contributed by atoms with E-state index in [1.165, 1.54) is 5.56 Å². The number of hydrogen-bond donors (Lipinski definition) is 1. The van der Waals surface area contributed by atoms with E-state index in [0.29, 0.717) is 32.7 Å². The van der Waals surface area contributed by atoms with Gasteiger partial charge in [-0.2, -0.15) is 0 Å². The Kier molecular flexibility index (Phi) is 3.82. The Labute approximate surface area is 124 Å². The number of amides is 2. The minimum atomic E-state index is 0.00350. The summed E-state index contributed by atoms with van der Waals surface area (Å²) < 4.78 is 0. The zero-order valence-corrected chi connectivity index (χ0v) is 12.3. The lowest BCUT2D eigenvalue weighted by atomic mass is 9.92. The van der Waals surface area contributed by atoms with Crippen LogP contribution in [-0.2, 0) is 16.0 Å². The second kappa shape index (κ2) is 5.76. The average Bonchev–Trinajstić information content (AvgIpc) is 2.54. The van der Waals surface area contributed by atoms with Crippen LogP contribution in [0, 0.1) is 5.92 Å². The van der Waals surface area contributed by atoms with Crippen LogP contribution < -0.4 is 5.32 Å². The Morgan fingerprint density at radius 3 is 2.48 bits per heavy atom. The topological polar surface area (TPSA) is 52.7 Å². The highest BCUT2D eigenvalue weighted by atomic mass is 16.2. The first kappa shape index (κ1) is 13.9. The van der Waals surface area contributed by atoms with Gasteiger partial charge in [0.25, 0.3) is 0 Å². The van der Waals surface area contributed by atoms with Gasteiger partial charge in [0, 0.05) is 45.3 Å². The van der Waals surface area contributed by atoms with Crippen LogP contribution in [0.5, 0.6) is 0 Å². The monoisotopic (exact) mass is 287 g/mol. The van der Waals surface area contributed by atoms with Gasteiger partial charge in [0.05, 0.1) is 5.92 Å². The van der Waals surface area contributed by atoms with E-state index in [1.807, 2.05) is 17.0 Å². The number of fused-ring (bicyclic) bond motifs is 1. The standard InChI is InChI=1S/C16H21N3O2/c1-12(20)18-6-8-19(9-7-18)16(21)14-10-13-4-2-3-5-15(13)17-11-14/h2-5,14,17H,6-11H2,1H3. The number of rotatable bonds is 1. The van der Waals surface area contributed by atoms with Gasteiger partial charge in [-0.15, -0.1) is 0 Å². The summed E-state index contributed by atoms with van der Waals surface area (Å²) in [5.41, 5.74) is 2.35. The van der Waals surface area contributed by atoms with Crippen LogP contribution in [0.3, 0.4) is 0 Å². The number of anilines is 1. The molecule has 21 heavy (non-hydrogen) atoms. The zero-order chi connectivity index (χ0) is 14.8. The molecule has 1 atom stereocenters. The normalized spacial score (nSPS) is 21.5. The molecule has 2 aliphatic heterocycles. The van der Waals surface area contributed by atoms with Crippen molar-refractivity contribution in [1.29, 1.82) is 0 Å². The molecule has 1 aromatic carbocycles. The number of hydrogen-bond acceptors (Lipinski definition) is 3. The summed E-state index contributed by atoms with van der Waals surface area (Å²) >= 11 is 0. The van der Waals surface area contributed by atoms with E-state index in [2.05, 4.69) is 17.4 Å². The van der Waals surface area contributed by atoms with Crippen LogP contribution >= 0.6 is 0 Å². The molecule has 1 aromatic rings. The van der Waals surface area contributed by atoms with Crippen LogP contribution in [0.4, 0.5) is 5.69 Å². The van der Waals surface area contributed by atoms with Crippen molar-refractivity contribution in [2.45, 2.75) is 13.3 Å². The first-order chi connectivity index (χ1) is 10.1. The Hall–Kier alpha value is -2.04. The molecule has 1 N–H and O–H groups in total. The maximum atomic E-state index is 12.6. The van der Waals surface area contributed by atoms with Gasteiger partial charge in [-0.3, -0.25) is 9.59 Å². The lowest BCUT2D eigenvalue weighted by Gasteiger charge is -2.37. The van der Waals surface area contributed by atoms with Crippen LogP contribution in [0.25, 0.3) is 0 Å². The van der Waals surface area contributed by atoms with Gasteiger partial charge in [-0.05, 0) is 18.1 Å². The van der Waals surface area contributed by atoms with Gasteiger partial charge in [-0.1, -0.05) is 18.2 Å². The smallest absolute Gasteiger partial charge is 0.227 e. The second-order valence-corrected chi connectivity index (χ2v) is 5.77. The van der Waals surface area contributed by atoms with E-state index in [4.69, 9.17) is 0 Å². The molecular formula is C16H21N3O2. The molecule has 2 heterocycles. The summed E-state index contributed by atoms with van der Waals surface area (Å²) in [5.74, 6) is 0.305. The lowest BCUT2D eigenvalue weighted by molar-refractivity contribution is -0.141. The summed E-state index contributed by atoms with van der Waals surface area (Å²) in [7, 11) is 0. The average molecular weight is 287 g/mol. The number of benzene rings is 1. The summed E-state index contributed by atoms with van der Waals surface area (Å²) in [6.07, 6.45) is 0.801. The molecule has 0 bridgehead atoms. The summed E-state index contributed by atoms with van der Waals surface area (Å²) in [6, 6.07) is 8.16. The van der Waals surface area contributed by atoms with Gasteiger partial charge in [0.2, 0.25) is 11.8 Å². The molecule has 5 heteroatoms. The van der Waals surface area contributed by atoms with E-state index in [0.717, 1.165) is 12.1 Å². The van der Waals surface area contributed by atoms with Crippen molar-refractivity contribution in [2.24, 2.45) is 5.92 Å². The van der Waals surface area contributed by atoms with Crippen molar-refractivity contribution in [2.75, 3.05) is 38.0 Å². The van der Waals surface area contributed by atoms with Crippen LogP contribution in [0.1, 0.15) is 12.5 Å². The highest BCUT2D eigenvalue weighted by molar-refractivity contribution is 5.81. The van der Waals surface area contributed by atoms with Gasteiger partial charge in [-0.25, -0.2) is 0 Å². The van der Waals surface area contributed by atoms with Crippen molar-refractivity contribution in [3.8, 4) is 0 Å². The van der Waals surface area contributed by atoms with Gasteiger partial charge < -0.3 is 15.1 Å². The first-order valence-corrected chi connectivity index (χ1v) is 7.51. The van der Waals surface area contributed by atoms with Crippen molar-refractivity contribution in [1.82, 2.24) is 9.80 Å². The molecule has 2 aliphatic rings. The molecule has 1 fully saturated rings. The number of nitrogens with zero attached hydrogens (tertiary/aromatic N) is 2. The van der Waals surface area contributed by atoms with E-state index in [9.17, 15) is 9.59 Å². The molecule has 0 radical (unpaired) electrons. The largest absolute Gasteiger partial charge is 0.384 e. The van der Waals surface area contributed by atoms with Gasteiger partial charge in [0.1, 0.15) is 0 Å². The maximum Gasteiger partial charge on any atom is 0.227 e. The first-order valence-electron chi connectivity index (χ1n) is 7.51. The van der Waals surface area contributed by atoms with E-state index < -0.39 is 0 Å². The minimum absolute atomic E-state index is 0.00350. The predicted octanol–water partition coefficient (Wildman–Crippen LogP) is 0.961. The molecular weight excluding hydrogens is 266 g/mol. The molecule has 1 unspecified atom stereocenters. The predicted molar refractivity (Wildman–Crippen MR) is 81.0 cm³/mol. The number of carbonyl (C=O) groups excluding carboxylic acids is 2. The second-order valence-electron chi connectivity index (χ2n) is 5.77. The fourth-order valence-electron chi connectivity index (χ4n) is 3.12. The zero-order valence-electron chi connectivity index (χ0n) is 12.3. The van der Waals surface area contributed by atoms with Crippen molar-refractivity contribution in [3.05, 3.63) is 29.8 Å². The number of nitrogens with one attached hydrogen (secondary N) is 1. The maximum absolute atomic E-state index is 12.6. The summed E-state index contributed by atoms with van der Waals surface area (Å²) in [4.78, 5) is 27.7. The molecule has 0 spiro atoms. The van der Waals surface area contributed by atoms with Crippen molar-refractivity contribution < 1.29 is 9.59 Å². The molecule has 0 aromatic heterocycles. The van der Waals surface area contributed by atoms with E-state index in [-0.39, 0.29) is 17.7 Å². The fraction of sp³-hybridized carbons (Fsp3) is 0.500. The Balaban J connectivity index is 1.61. The number of carbonyl (C=O) groups is 2. The minimum Gasteiger partial charge on any atom is -0.384 e. The van der Waals surface area contributed by atoms with Crippen molar-refractivity contribution >= 4 is 17.5 Å². The fourth-order valence-corrected chi connectivity index (χ4v) is 3.12. The van der Waals surface area contributed by atoms with Gasteiger partial charge >= 0.3 is 0 Å².